The average molecular weight is 285 g/mol. The van der Waals surface area contributed by atoms with E-state index in [4.69, 9.17) is 0 Å². The van der Waals surface area contributed by atoms with Crippen LogP contribution >= 0.6 is 0 Å². The lowest BCUT2D eigenvalue weighted by Gasteiger charge is -2.30. The van der Waals surface area contributed by atoms with Crippen molar-refractivity contribution in [3.63, 3.8) is 0 Å². The van der Waals surface area contributed by atoms with Gasteiger partial charge in [0.15, 0.2) is 0 Å². The molecule has 1 aromatic heterocycles. The lowest BCUT2D eigenvalue weighted by molar-refractivity contribution is 0.0548. The van der Waals surface area contributed by atoms with Crippen LogP contribution in [0.3, 0.4) is 0 Å². The number of aliphatic hydroxyl groups excluding tert-OH is 1. The highest BCUT2D eigenvalue weighted by atomic mass is 16.3. The highest BCUT2D eigenvalue weighted by Gasteiger charge is 2.24. The van der Waals surface area contributed by atoms with Gasteiger partial charge in [-0.1, -0.05) is 18.2 Å². The third kappa shape index (κ3) is 2.69. The Bertz CT molecular complexity index is 664. The van der Waals surface area contributed by atoms with E-state index in [-0.39, 0.29) is 12.0 Å². The zero-order chi connectivity index (χ0) is 14.8. The summed E-state index contributed by atoms with van der Waals surface area (Å²) in [5, 5.41) is 13.4. The summed E-state index contributed by atoms with van der Waals surface area (Å²) in [7, 11) is 1.79. The quantitative estimate of drug-likeness (QED) is 0.884. The van der Waals surface area contributed by atoms with Crippen molar-refractivity contribution >= 4 is 22.6 Å². The van der Waals surface area contributed by atoms with Crippen LogP contribution in [-0.4, -0.2) is 47.1 Å². The minimum atomic E-state index is -0.281. The molecule has 0 bridgehead atoms. The number of benzene rings is 1. The molecule has 110 valence electrons. The van der Waals surface area contributed by atoms with Crippen molar-refractivity contribution in [3.8, 4) is 0 Å². The van der Waals surface area contributed by atoms with Crippen molar-refractivity contribution in [1.82, 2.24) is 9.88 Å². The van der Waals surface area contributed by atoms with Crippen molar-refractivity contribution in [2.24, 2.45) is 0 Å². The van der Waals surface area contributed by atoms with Crippen LogP contribution in [0.1, 0.15) is 23.2 Å². The van der Waals surface area contributed by atoms with Gasteiger partial charge in [0.05, 0.1) is 17.2 Å². The minimum Gasteiger partial charge on any atom is -0.393 e. The monoisotopic (exact) mass is 285 g/mol. The molecule has 1 fully saturated rings. The number of amides is 1. The van der Waals surface area contributed by atoms with Crippen LogP contribution in [0.4, 0.5) is 5.82 Å². The molecule has 0 saturated carbocycles. The number of aliphatic hydroxyl groups is 1. The molecule has 1 aromatic carbocycles. The first-order chi connectivity index (χ1) is 10.2. The molecule has 1 aliphatic rings. The summed E-state index contributed by atoms with van der Waals surface area (Å²) in [6.45, 7) is 1.21. The van der Waals surface area contributed by atoms with E-state index in [0.717, 1.165) is 10.9 Å². The molecule has 3 rings (SSSR count). The van der Waals surface area contributed by atoms with Crippen LogP contribution in [0, 0.1) is 0 Å². The third-order valence-corrected chi connectivity index (χ3v) is 3.95. The summed E-state index contributed by atoms with van der Waals surface area (Å²) in [6, 6.07) is 9.47. The number of fused-ring (bicyclic) bond motifs is 1. The van der Waals surface area contributed by atoms with Gasteiger partial charge >= 0.3 is 0 Å². The number of piperidine rings is 1. The first-order valence-electron chi connectivity index (χ1n) is 7.24. The van der Waals surface area contributed by atoms with Gasteiger partial charge in [0.25, 0.3) is 5.91 Å². The Morgan fingerprint density at radius 3 is 2.76 bits per heavy atom. The number of likely N-dealkylation sites (tertiary alicyclic amines) is 1. The Morgan fingerprint density at radius 2 is 2.05 bits per heavy atom. The number of aromatic nitrogens is 1. The number of nitrogens with zero attached hydrogens (tertiary/aromatic N) is 2. The number of pyridine rings is 1. The molecule has 0 aliphatic carbocycles. The number of hydrogen-bond donors (Lipinski definition) is 2. The lowest BCUT2D eigenvalue weighted by atomic mass is 10.0. The second-order valence-electron chi connectivity index (χ2n) is 5.35. The van der Waals surface area contributed by atoms with E-state index in [1.165, 1.54) is 0 Å². The van der Waals surface area contributed by atoms with Crippen LogP contribution in [0.15, 0.2) is 30.3 Å². The molecule has 5 heteroatoms. The Hall–Kier alpha value is -2.14. The zero-order valence-electron chi connectivity index (χ0n) is 12.0. The van der Waals surface area contributed by atoms with Gasteiger partial charge in [-0.25, -0.2) is 4.98 Å². The largest absolute Gasteiger partial charge is 0.393 e. The van der Waals surface area contributed by atoms with Crippen LogP contribution in [0.5, 0.6) is 0 Å². The molecule has 0 radical (unpaired) electrons. The maximum absolute atomic E-state index is 12.8. The summed E-state index contributed by atoms with van der Waals surface area (Å²) < 4.78 is 0. The molecule has 0 unspecified atom stereocenters. The number of carbonyl (C=O) groups excluding carboxylic acids is 1. The van der Waals surface area contributed by atoms with Crippen LogP contribution in [0.25, 0.3) is 10.9 Å². The molecular weight excluding hydrogens is 266 g/mol. The van der Waals surface area contributed by atoms with Crippen LogP contribution in [-0.2, 0) is 0 Å². The summed E-state index contributed by atoms with van der Waals surface area (Å²) in [4.78, 5) is 19.1. The summed E-state index contributed by atoms with van der Waals surface area (Å²) in [6.07, 6.45) is 1.01. The van der Waals surface area contributed by atoms with E-state index >= 15 is 0 Å². The first-order valence-corrected chi connectivity index (χ1v) is 7.24. The minimum absolute atomic E-state index is 0.0111. The topological polar surface area (TPSA) is 65.5 Å². The summed E-state index contributed by atoms with van der Waals surface area (Å²) in [5.41, 5.74) is 1.48. The number of hydrogen-bond acceptors (Lipinski definition) is 4. The molecule has 21 heavy (non-hydrogen) atoms. The van der Waals surface area contributed by atoms with Gasteiger partial charge in [0, 0.05) is 25.5 Å². The molecule has 2 N–H and O–H groups in total. The molecule has 1 aliphatic heterocycles. The average Bonchev–Trinajstić information content (AvgIpc) is 2.53. The first kappa shape index (κ1) is 13.8. The third-order valence-electron chi connectivity index (χ3n) is 3.95. The van der Waals surface area contributed by atoms with Gasteiger partial charge in [-0.2, -0.15) is 0 Å². The van der Waals surface area contributed by atoms with Crippen molar-refractivity contribution in [2.75, 3.05) is 25.5 Å². The van der Waals surface area contributed by atoms with E-state index in [2.05, 4.69) is 10.3 Å². The molecule has 1 saturated heterocycles. The smallest absolute Gasteiger partial charge is 0.254 e. The van der Waals surface area contributed by atoms with Gasteiger partial charge in [-0.15, -0.1) is 0 Å². The molecule has 0 spiro atoms. The summed E-state index contributed by atoms with van der Waals surface area (Å²) in [5.74, 6) is 0.700. The van der Waals surface area contributed by atoms with Gasteiger partial charge < -0.3 is 15.3 Å². The fraction of sp³-hybridized carbons (Fsp3) is 0.375. The Morgan fingerprint density at radius 1 is 1.33 bits per heavy atom. The van der Waals surface area contributed by atoms with E-state index < -0.39 is 0 Å². The molecular formula is C16H19N3O2. The van der Waals surface area contributed by atoms with Crippen LogP contribution in [0.2, 0.25) is 0 Å². The fourth-order valence-corrected chi connectivity index (χ4v) is 2.72. The predicted molar refractivity (Wildman–Crippen MR) is 82.4 cm³/mol. The fourth-order valence-electron chi connectivity index (χ4n) is 2.72. The van der Waals surface area contributed by atoms with Gasteiger partial charge in [0.1, 0.15) is 5.82 Å². The second kappa shape index (κ2) is 5.69. The molecule has 2 aromatic rings. The molecule has 5 nitrogen and oxygen atoms in total. The van der Waals surface area contributed by atoms with E-state index in [0.29, 0.717) is 37.3 Å². The predicted octanol–water partition coefficient (Wildman–Crippen LogP) is 1.87. The van der Waals surface area contributed by atoms with Crippen molar-refractivity contribution in [2.45, 2.75) is 18.9 Å². The molecule has 1 amide bonds. The highest BCUT2D eigenvalue weighted by Crippen LogP contribution is 2.23. The van der Waals surface area contributed by atoms with E-state index in [9.17, 15) is 9.90 Å². The lowest BCUT2D eigenvalue weighted by Crippen LogP contribution is -2.40. The van der Waals surface area contributed by atoms with Crippen molar-refractivity contribution in [1.29, 1.82) is 0 Å². The zero-order valence-corrected chi connectivity index (χ0v) is 12.0. The Balaban J connectivity index is 2.00. The Kier molecular flexibility index (Phi) is 3.75. The number of nitrogens with one attached hydrogen (secondary N) is 1. The number of anilines is 1. The van der Waals surface area contributed by atoms with Crippen molar-refractivity contribution in [3.05, 3.63) is 35.9 Å². The number of para-hydroxylation sites is 1. The second-order valence-corrected chi connectivity index (χ2v) is 5.35. The number of rotatable bonds is 2. The van der Waals surface area contributed by atoms with Crippen molar-refractivity contribution < 1.29 is 9.90 Å². The van der Waals surface area contributed by atoms with Crippen LogP contribution < -0.4 is 5.32 Å². The SMILES string of the molecule is CNc1cc(C(=O)N2CCC(O)CC2)c2ccccc2n1. The molecule has 2 heterocycles. The summed E-state index contributed by atoms with van der Waals surface area (Å²) >= 11 is 0. The normalized spacial score (nSPS) is 16.2. The number of carbonyl (C=O) groups is 1. The van der Waals surface area contributed by atoms with E-state index in [1.807, 2.05) is 29.2 Å². The Labute approximate surface area is 123 Å². The standard InChI is InChI=1S/C16H19N3O2/c1-17-15-10-13(12-4-2-3-5-14(12)18-15)16(21)19-8-6-11(20)7-9-19/h2-5,10-11,20H,6-9H2,1H3,(H,17,18). The van der Waals surface area contributed by atoms with Gasteiger partial charge in [-0.05, 0) is 25.0 Å². The van der Waals surface area contributed by atoms with Gasteiger partial charge in [0.2, 0.25) is 0 Å². The van der Waals surface area contributed by atoms with Gasteiger partial charge in [-0.3, -0.25) is 4.79 Å². The maximum Gasteiger partial charge on any atom is 0.254 e. The highest BCUT2D eigenvalue weighted by molar-refractivity contribution is 6.07. The maximum atomic E-state index is 12.8. The molecule has 0 atom stereocenters. The van der Waals surface area contributed by atoms with E-state index in [1.54, 1.807) is 13.1 Å².